The number of halogens is 1. The Labute approximate surface area is 117 Å². The van der Waals surface area contributed by atoms with Crippen LogP contribution in [0.25, 0.3) is 0 Å². The summed E-state index contributed by atoms with van der Waals surface area (Å²) in [6.45, 7) is 4.74. The van der Waals surface area contributed by atoms with Crippen molar-refractivity contribution in [1.29, 1.82) is 0 Å². The van der Waals surface area contributed by atoms with Gasteiger partial charge in [0.2, 0.25) is 0 Å². The first kappa shape index (κ1) is 12.9. The van der Waals surface area contributed by atoms with E-state index in [0.29, 0.717) is 11.1 Å². The van der Waals surface area contributed by atoms with Gasteiger partial charge < -0.3 is 4.90 Å². The van der Waals surface area contributed by atoms with Gasteiger partial charge in [-0.05, 0) is 42.7 Å². The van der Waals surface area contributed by atoms with Crippen LogP contribution in [0.5, 0.6) is 0 Å². The Morgan fingerprint density at radius 1 is 1.15 bits per heavy atom. The first-order valence-corrected chi connectivity index (χ1v) is 6.69. The summed E-state index contributed by atoms with van der Waals surface area (Å²) >= 11 is 0. The number of aryl methyl sites for hydroxylation is 1. The SMILES string of the molecule is CC(=O)c1cc(F)c(C)cc1N1Cc2ccccc2C1. The van der Waals surface area contributed by atoms with E-state index in [-0.39, 0.29) is 11.6 Å². The molecule has 0 unspecified atom stereocenters. The molecule has 0 aliphatic carbocycles. The molecular weight excluding hydrogens is 253 g/mol. The second kappa shape index (κ2) is 4.75. The predicted molar refractivity (Wildman–Crippen MR) is 77.5 cm³/mol. The maximum absolute atomic E-state index is 13.7. The summed E-state index contributed by atoms with van der Waals surface area (Å²) in [5.74, 6) is -0.425. The molecule has 1 aliphatic rings. The molecule has 3 rings (SSSR count). The highest BCUT2D eigenvalue weighted by Crippen LogP contribution is 2.32. The van der Waals surface area contributed by atoms with Crippen molar-refractivity contribution < 1.29 is 9.18 Å². The maximum atomic E-state index is 13.7. The van der Waals surface area contributed by atoms with Gasteiger partial charge >= 0.3 is 0 Å². The van der Waals surface area contributed by atoms with Crippen molar-refractivity contribution in [2.75, 3.05) is 4.90 Å². The van der Waals surface area contributed by atoms with E-state index >= 15 is 0 Å². The summed E-state index contributed by atoms with van der Waals surface area (Å²) in [7, 11) is 0. The predicted octanol–water partition coefficient (Wildman–Crippen LogP) is 3.86. The Hall–Kier alpha value is -2.16. The zero-order valence-corrected chi connectivity index (χ0v) is 11.6. The summed E-state index contributed by atoms with van der Waals surface area (Å²) < 4.78 is 13.7. The van der Waals surface area contributed by atoms with E-state index in [2.05, 4.69) is 17.0 Å². The summed E-state index contributed by atoms with van der Waals surface area (Å²) in [5, 5.41) is 0. The highest BCUT2D eigenvalue weighted by molar-refractivity contribution is 6.00. The number of benzene rings is 2. The number of hydrogen-bond donors (Lipinski definition) is 0. The molecule has 0 N–H and O–H groups in total. The number of ketones is 1. The number of Topliss-reactive ketones (excluding diaryl/α,β-unsaturated/α-hetero) is 1. The van der Waals surface area contributed by atoms with Gasteiger partial charge in [0.15, 0.2) is 5.78 Å². The molecule has 0 saturated heterocycles. The first-order chi connectivity index (χ1) is 9.56. The van der Waals surface area contributed by atoms with Crippen molar-refractivity contribution in [3.05, 3.63) is 64.5 Å². The Kier molecular flexibility index (Phi) is 3.05. The van der Waals surface area contributed by atoms with E-state index < -0.39 is 0 Å². The highest BCUT2D eigenvalue weighted by Gasteiger charge is 2.23. The molecule has 0 amide bonds. The Balaban J connectivity index is 2.04. The molecule has 2 aromatic rings. The molecule has 3 heteroatoms. The van der Waals surface area contributed by atoms with Crippen molar-refractivity contribution in [1.82, 2.24) is 0 Å². The molecule has 1 heterocycles. The van der Waals surface area contributed by atoms with E-state index in [1.54, 1.807) is 13.0 Å². The molecule has 102 valence electrons. The Morgan fingerprint density at radius 3 is 2.30 bits per heavy atom. The van der Waals surface area contributed by atoms with Gasteiger partial charge in [-0.3, -0.25) is 4.79 Å². The van der Waals surface area contributed by atoms with Gasteiger partial charge in [0.05, 0.1) is 0 Å². The van der Waals surface area contributed by atoms with Crippen LogP contribution >= 0.6 is 0 Å². The summed E-state index contributed by atoms with van der Waals surface area (Å²) in [4.78, 5) is 13.9. The van der Waals surface area contributed by atoms with E-state index in [9.17, 15) is 9.18 Å². The van der Waals surface area contributed by atoms with Crippen LogP contribution in [0.4, 0.5) is 10.1 Å². The lowest BCUT2D eigenvalue weighted by atomic mass is 10.0. The Morgan fingerprint density at radius 2 is 1.75 bits per heavy atom. The van der Waals surface area contributed by atoms with Gasteiger partial charge in [0.25, 0.3) is 0 Å². The van der Waals surface area contributed by atoms with Gasteiger partial charge in [-0.15, -0.1) is 0 Å². The van der Waals surface area contributed by atoms with Crippen molar-refractivity contribution in [3.8, 4) is 0 Å². The molecule has 0 bridgehead atoms. The number of carbonyl (C=O) groups excluding carboxylic acids is 1. The molecule has 2 nitrogen and oxygen atoms in total. The van der Waals surface area contributed by atoms with Crippen molar-refractivity contribution in [2.24, 2.45) is 0 Å². The number of fused-ring (bicyclic) bond motifs is 1. The smallest absolute Gasteiger partial charge is 0.161 e. The van der Waals surface area contributed by atoms with Crippen molar-refractivity contribution >= 4 is 11.5 Å². The molecule has 20 heavy (non-hydrogen) atoms. The third-order valence-corrected chi connectivity index (χ3v) is 3.84. The van der Waals surface area contributed by atoms with Crippen LogP contribution in [-0.2, 0) is 13.1 Å². The summed E-state index contributed by atoms with van der Waals surface area (Å²) in [6, 6.07) is 11.4. The zero-order valence-electron chi connectivity index (χ0n) is 11.6. The van der Waals surface area contributed by atoms with Gasteiger partial charge in [-0.25, -0.2) is 4.39 Å². The number of carbonyl (C=O) groups is 1. The average molecular weight is 269 g/mol. The number of nitrogens with zero attached hydrogens (tertiary/aromatic N) is 1. The van der Waals surface area contributed by atoms with Crippen LogP contribution < -0.4 is 4.90 Å². The quantitative estimate of drug-likeness (QED) is 0.772. The second-order valence-corrected chi connectivity index (χ2v) is 5.30. The van der Waals surface area contributed by atoms with Gasteiger partial charge in [-0.2, -0.15) is 0 Å². The van der Waals surface area contributed by atoms with Crippen molar-refractivity contribution in [3.63, 3.8) is 0 Å². The fraction of sp³-hybridized carbons (Fsp3) is 0.235. The largest absolute Gasteiger partial charge is 0.362 e. The van der Waals surface area contributed by atoms with E-state index in [0.717, 1.165) is 18.8 Å². The molecule has 0 aromatic heterocycles. The van der Waals surface area contributed by atoms with Crippen LogP contribution in [0.15, 0.2) is 36.4 Å². The molecule has 0 fully saturated rings. The minimum Gasteiger partial charge on any atom is -0.362 e. The van der Waals surface area contributed by atoms with Crippen LogP contribution in [0, 0.1) is 12.7 Å². The van der Waals surface area contributed by atoms with Crippen LogP contribution in [0.1, 0.15) is 34.0 Å². The lowest BCUT2D eigenvalue weighted by molar-refractivity contribution is 0.101. The minimum absolute atomic E-state index is 0.102. The average Bonchev–Trinajstić information content (AvgIpc) is 2.84. The van der Waals surface area contributed by atoms with Crippen LogP contribution in [-0.4, -0.2) is 5.78 Å². The fourth-order valence-electron chi connectivity index (χ4n) is 2.71. The van der Waals surface area contributed by atoms with Gasteiger partial charge in [-0.1, -0.05) is 24.3 Å². The zero-order chi connectivity index (χ0) is 14.3. The molecule has 0 spiro atoms. The Bertz CT molecular complexity index is 668. The number of anilines is 1. The summed E-state index contributed by atoms with van der Waals surface area (Å²) in [5.41, 5.74) is 4.39. The van der Waals surface area contributed by atoms with E-state index in [1.165, 1.54) is 24.1 Å². The van der Waals surface area contributed by atoms with Crippen LogP contribution in [0.3, 0.4) is 0 Å². The number of hydrogen-bond acceptors (Lipinski definition) is 2. The molecule has 0 radical (unpaired) electrons. The molecule has 0 atom stereocenters. The molecule has 2 aromatic carbocycles. The molecule has 1 aliphatic heterocycles. The van der Waals surface area contributed by atoms with E-state index in [4.69, 9.17) is 0 Å². The van der Waals surface area contributed by atoms with Crippen molar-refractivity contribution in [2.45, 2.75) is 26.9 Å². The monoisotopic (exact) mass is 269 g/mol. The lowest BCUT2D eigenvalue weighted by Crippen LogP contribution is -2.18. The fourth-order valence-corrected chi connectivity index (χ4v) is 2.71. The third-order valence-electron chi connectivity index (χ3n) is 3.84. The van der Waals surface area contributed by atoms with E-state index in [1.807, 2.05) is 12.1 Å². The second-order valence-electron chi connectivity index (χ2n) is 5.30. The minimum atomic E-state index is -0.323. The maximum Gasteiger partial charge on any atom is 0.161 e. The topological polar surface area (TPSA) is 20.3 Å². The standard InChI is InChI=1S/C17H16FNO/c1-11-7-17(15(12(2)20)8-16(11)18)19-9-13-5-3-4-6-14(13)10-19/h3-8H,9-10H2,1-2H3. The van der Waals surface area contributed by atoms with Gasteiger partial charge in [0.1, 0.15) is 5.82 Å². The lowest BCUT2D eigenvalue weighted by Gasteiger charge is -2.21. The summed E-state index contributed by atoms with van der Waals surface area (Å²) in [6.07, 6.45) is 0. The number of rotatable bonds is 2. The molecular formula is C17H16FNO. The molecule has 0 saturated carbocycles. The first-order valence-electron chi connectivity index (χ1n) is 6.69. The highest BCUT2D eigenvalue weighted by atomic mass is 19.1. The van der Waals surface area contributed by atoms with Gasteiger partial charge in [0, 0.05) is 24.3 Å². The normalized spacial score (nSPS) is 13.4. The van der Waals surface area contributed by atoms with Crippen LogP contribution in [0.2, 0.25) is 0 Å². The third kappa shape index (κ3) is 2.09.